The third-order valence-corrected chi connectivity index (χ3v) is 4.07. The van der Waals surface area contributed by atoms with E-state index in [4.69, 9.17) is 10.5 Å². The highest BCUT2D eigenvalue weighted by molar-refractivity contribution is 5.21. The minimum atomic E-state index is 0.235. The summed E-state index contributed by atoms with van der Waals surface area (Å²) in [7, 11) is 1.63. The van der Waals surface area contributed by atoms with Gasteiger partial charge in [0.05, 0.1) is 7.11 Å². The molecule has 1 unspecified atom stereocenters. The van der Waals surface area contributed by atoms with Crippen LogP contribution in [0.15, 0.2) is 18.3 Å². The standard InChI is InChI=1S/C16H29N3O/c1-5-13(6-2)12-19(7-3)15(10-17)14-8-9-16(20-4)18-11-14/h8-9,11,13,15H,5-7,10,12,17H2,1-4H3. The molecule has 1 aromatic heterocycles. The van der Waals surface area contributed by atoms with Crippen molar-refractivity contribution in [2.24, 2.45) is 11.7 Å². The summed E-state index contributed by atoms with van der Waals surface area (Å²) in [6, 6.07) is 4.21. The van der Waals surface area contributed by atoms with Crippen LogP contribution in [-0.2, 0) is 0 Å². The van der Waals surface area contributed by atoms with Crippen molar-refractivity contribution in [3.63, 3.8) is 0 Å². The van der Waals surface area contributed by atoms with Crippen LogP contribution in [0.2, 0.25) is 0 Å². The minimum absolute atomic E-state index is 0.235. The Balaban J connectivity index is 2.84. The Morgan fingerprint density at radius 3 is 2.35 bits per heavy atom. The van der Waals surface area contributed by atoms with Gasteiger partial charge in [-0.1, -0.05) is 39.7 Å². The zero-order valence-corrected chi connectivity index (χ0v) is 13.3. The molecule has 4 heteroatoms. The molecule has 0 bridgehead atoms. The summed E-state index contributed by atoms with van der Waals surface area (Å²) in [5, 5.41) is 0. The predicted octanol–water partition coefficient (Wildman–Crippen LogP) is 2.85. The Morgan fingerprint density at radius 1 is 1.25 bits per heavy atom. The van der Waals surface area contributed by atoms with Crippen molar-refractivity contribution in [3.8, 4) is 5.88 Å². The van der Waals surface area contributed by atoms with Gasteiger partial charge in [0.1, 0.15) is 0 Å². The molecular weight excluding hydrogens is 250 g/mol. The van der Waals surface area contributed by atoms with E-state index >= 15 is 0 Å². The molecule has 2 N–H and O–H groups in total. The lowest BCUT2D eigenvalue weighted by molar-refractivity contribution is 0.174. The van der Waals surface area contributed by atoms with Gasteiger partial charge in [-0.2, -0.15) is 0 Å². The number of hydrogen-bond donors (Lipinski definition) is 1. The number of likely N-dealkylation sites (N-methyl/N-ethyl adjacent to an activating group) is 1. The highest BCUT2D eigenvalue weighted by Gasteiger charge is 2.20. The van der Waals surface area contributed by atoms with Crippen LogP contribution in [0.3, 0.4) is 0 Å². The second kappa shape index (κ2) is 8.93. The van der Waals surface area contributed by atoms with Crippen molar-refractivity contribution >= 4 is 0 Å². The van der Waals surface area contributed by atoms with E-state index in [0.717, 1.165) is 19.0 Å². The highest BCUT2D eigenvalue weighted by Crippen LogP contribution is 2.23. The average Bonchev–Trinajstić information content (AvgIpc) is 2.51. The van der Waals surface area contributed by atoms with E-state index in [2.05, 4.69) is 36.7 Å². The van der Waals surface area contributed by atoms with E-state index in [1.807, 2.05) is 12.3 Å². The molecular formula is C16H29N3O. The number of pyridine rings is 1. The first-order valence-electron chi connectivity index (χ1n) is 7.64. The number of rotatable bonds is 9. The van der Waals surface area contributed by atoms with Gasteiger partial charge in [0, 0.05) is 31.4 Å². The number of nitrogens with zero attached hydrogens (tertiary/aromatic N) is 2. The van der Waals surface area contributed by atoms with E-state index in [9.17, 15) is 0 Å². The maximum absolute atomic E-state index is 6.01. The van der Waals surface area contributed by atoms with Crippen LogP contribution in [0, 0.1) is 5.92 Å². The maximum atomic E-state index is 6.01. The summed E-state index contributed by atoms with van der Waals surface area (Å²) in [4.78, 5) is 6.76. The van der Waals surface area contributed by atoms with Gasteiger partial charge in [-0.05, 0) is 18.0 Å². The van der Waals surface area contributed by atoms with Crippen LogP contribution >= 0.6 is 0 Å². The van der Waals surface area contributed by atoms with Crippen molar-refractivity contribution in [3.05, 3.63) is 23.9 Å². The molecule has 4 nitrogen and oxygen atoms in total. The second-order valence-corrected chi connectivity index (χ2v) is 5.16. The molecule has 0 fully saturated rings. The van der Waals surface area contributed by atoms with Crippen molar-refractivity contribution in [2.75, 3.05) is 26.7 Å². The number of aromatic nitrogens is 1. The monoisotopic (exact) mass is 279 g/mol. The molecule has 0 radical (unpaired) electrons. The van der Waals surface area contributed by atoms with Gasteiger partial charge in [0.2, 0.25) is 5.88 Å². The van der Waals surface area contributed by atoms with Crippen LogP contribution in [0.5, 0.6) is 5.88 Å². The molecule has 0 amide bonds. The number of ether oxygens (including phenoxy) is 1. The average molecular weight is 279 g/mol. The molecule has 0 saturated carbocycles. The number of methoxy groups -OCH3 is 1. The Bertz CT molecular complexity index is 362. The normalized spacial score (nSPS) is 12.9. The summed E-state index contributed by atoms with van der Waals surface area (Å²) in [5.74, 6) is 1.38. The lowest BCUT2D eigenvalue weighted by Gasteiger charge is -2.32. The topological polar surface area (TPSA) is 51.4 Å². The molecule has 0 aliphatic heterocycles. The van der Waals surface area contributed by atoms with Gasteiger partial charge in [0.15, 0.2) is 0 Å². The van der Waals surface area contributed by atoms with Crippen LogP contribution in [0.25, 0.3) is 0 Å². The summed E-state index contributed by atoms with van der Waals surface area (Å²) < 4.78 is 5.11. The second-order valence-electron chi connectivity index (χ2n) is 5.16. The van der Waals surface area contributed by atoms with Crippen molar-refractivity contribution in [1.82, 2.24) is 9.88 Å². The summed E-state index contributed by atoms with van der Waals surface area (Å²) in [6.45, 7) is 9.43. The number of hydrogen-bond acceptors (Lipinski definition) is 4. The summed E-state index contributed by atoms with van der Waals surface area (Å²) in [6.07, 6.45) is 4.31. The van der Waals surface area contributed by atoms with Gasteiger partial charge < -0.3 is 10.5 Å². The van der Waals surface area contributed by atoms with E-state index < -0.39 is 0 Å². The van der Waals surface area contributed by atoms with E-state index in [-0.39, 0.29) is 6.04 Å². The first kappa shape index (κ1) is 16.9. The lowest BCUT2D eigenvalue weighted by Crippen LogP contribution is -2.37. The van der Waals surface area contributed by atoms with Gasteiger partial charge in [-0.3, -0.25) is 4.90 Å². The van der Waals surface area contributed by atoms with Crippen molar-refractivity contribution in [2.45, 2.75) is 39.7 Å². The smallest absolute Gasteiger partial charge is 0.212 e. The first-order valence-corrected chi connectivity index (χ1v) is 7.64. The number of nitrogens with two attached hydrogens (primary N) is 1. The molecule has 1 atom stereocenters. The van der Waals surface area contributed by atoms with Gasteiger partial charge >= 0.3 is 0 Å². The molecule has 1 heterocycles. The molecule has 0 aliphatic rings. The van der Waals surface area contributed by atoms with E-state index in [1.54, 1.807) is 7.11 Å². The quantitative estimate of drug-likeness (QED) is 0.755. The zero-order valence-electron chi connectivity index (χ0n) is 13.3. The van der Waals surface area contributed by atoms with Crippen molar-refractivity contribution in [1.29, 1.82) is 0 Å². The molecule has 0 aliphatic carbocycles. The fourth-order valence-corrected chi connectivity index (χ4v) is 2.56. The fraction of sp³-hybridized carbons (Fsp3) is 0.688. The van der Waals surface area contributed by atoms with Crippen LogP contribution in [-0.4, -0.2) is 36.6 Å². The fourth-order valence-electron chi connectivity index (χ4n) is 2.56. The predicted molar refractivity (Wildman–Crippen MR) is 83.9 cm³/mol. The Morgan fingerprint density at radius 2 is 1.95 bits per heavy atom. The Labute approximate surface area is 123 Å². The Hall–Kier alpha value is -1.13. The largest absolute Gasteiger partial charge is 0.481 e. The minimum Gasteiger partial charge on any atom is -0.481 e. The molecule has 0 saturated heterocycles. The highest BCUT2D eigenvalue weighted by atomic mass is 16.5. The van der Waals surface area contributed by atoms with Gasteiger partial charge in [-0.25, -0.2) is 4.98 Å². The molecule has 1 aromatic rings. The zero-order chi connectivity index (χ0) is 15.0. The molecule has 114 valence electrons. The van der Waals surface area contributed by atoms with Crippen LogP contribution in [0.4, 0.5) is 0 Å². The molecule has 0 aromatic carbocycles. The molecule has 20 heavy (non-hydrogen) atoms. The Kier molecular flexibility index (Phi) is 7.55. The molecule has 1 rings (SSSR count). The van der Waals surface area contributed by atoms with E-state index in [0.29, 0.717) is 12.4 Å². The first-order chi connectivity index (χ1) is 9.69. The van der Waals surface area contributed by atoms with E-state index in [1.165, 1.54) is 18.4 Å². The van der Waals surface area contributed by atoms with Gasteiger partial charge in [0.25, 0.3) is 0 Å². The third kappa shape index (κ3) is 4.46. The maximum Gasteiger partial charge on any atom is 0.212 e. The van der Waals surface area contributed by atoms with Crippen molar-refractivity contribution < 1.29 is 4.74 Å². The van der Waals surface area contributed by atoms with Gasteiger partial charge in [-0.15, -0.1) is 0 Å². The summed E-state index contributed by atoms with van der Waals surface area (Å²) in [5.41, 5.74) is 7.18. The molecule has 0 spiro atoms. The third-order valence-electron chi connectivity index (χ3n) is 4.07. The summed E-state index contributed by atoms with van der Waals surface area (Å²) >= 11 is 0. The lowest BCUT2D eigenvalue weighted by atomic mass is 10.00. The van der Waals surface area contributed by atoms with Crippen LogP contribution < -0.4 is 10.5 Å². The van der Waals surface area contributed by atoms with Crippen LogP contribution in [0.1, 0.15) is 45.2 Å². The SMILES string of the molecule is CCC(CC)CN(CC)C(CN)c1ccc(OC)nc1.